The average molecular weight is 603 g/mol. The van der Waals surface area contributed by atoms with Crippen molar-refractivity contribution in [2.75, 3.05) is 6.61 Å². The normalized spacial score (nSPS) is 33.0. The topological polar surface area (TPSA) is 202 Å². The van der Waals surface area contributed by atoms with Gasteiger partial charge in [-0.05, 0) is 42.3 Å². The van der Waals surface area contributed by atoms with Crippen LogP contribution in [0.25, 0.3) is 12.2 Å². The number of aromatic hydroxyl groups is 1. The van der Waals surface area contributed by atoms with E-state index in [4.69, 9.17) is 23.7 Å². The number of phenols is 1. The Kier molecular flexibility index (Phi) is 11.0. The Morgan fingerprint density at radius 2 is 1.33 bits per heavy atom. The van der Waals surface area contributed by atoms with E-state index in [1.165, 1.54) is 31.2 Å². The molecule has 2 heterocycles. The Bertz CT molecular complexity index is 1260. The molecule has 0 aromatic heterocycles. The number of aliphatic hydroxyl groups is 5. The fraction of sp³-hybridized carbons (Fsp3) is 0.400. The largest absolute Gasteiger partial charge is 0.508 e. The number of carbonyl (C=O) groups is 2. The van der Waals surface area contributed by atoms with Gasteiger partial charge in [0.05, 0.1) is 12.7 Å². The number of ether oxygens (including phenoxy) is 5. The quantitative estimate of drug-likeness (QED) is 0.164. The first kappa shape index (κ1) is 32.3. The second kappa shape index (κ2) is 14.7. The molecule has 2 aliphatic rings. The first-order valence-electron chi connectivity index (χ1n) is 13.5. The molecule has 2 saturated heterocycles. The smallest absolute Gasteiger partial charge is 0.333 e. The predicted octanol–water partition coefficient (Wildman–Crippen LogP) is -0.135. The second-order valence-electron chi connectivity index (χ2n) is 10.0. The summed E-state index contributed by atoms with van der Waals surface area (Å²) in [5, 5.41) is 61.7. The van der Waals surface area contributed by atoms with Crippen LogP contribution in [0.2, 0.25) is 0 Å². The Labute approximate surface area is 246 Å². The lowest BCUT2D eigenvalue weighted by Gasteiger charge is -2.42. The third-order valence-electron chi connectivity index (χ3n) is 6.88. The standard InChI is InChI=1S/C30H34O13/c1-16-23(34)28(42-21(32)13-10-18-7-11-19(31)12-8-18)27(38)29(40-16)39-15-20-24(35)25(36)26(37)30(41-20)43-22(33)14-9-17-5-3-2-4-6-17/h2-14,16,20,23-31,34-38H,15H2,1H3. The predicted molar refractivity (Wildman–Crippen MR) is 148 cm³/mol. The molecule has 0 bridgehead atoms. The molecule has 0 spiro atoms. The van der Waals surface area contributed by atoms with Crippen LogP contribution < -0.4 is 0 Å². The van der Waals surface area contributed by atoms with E-state index in [9.17, 15) is 40.2 Å². The van der Waals surface area contributed by atoms with Gasteiger partial charge in [0.25, 0.3) is 0 Å². The molecule has 2 fully saturated rings. The number of hydrogen-bond acceptors (Lipinski definition) is 13. The van der Waals surface area contributed by atoms with E-state index in [1.54, 1.807) is 36.4 Å². The number of phenolic OH excluding ortho intramolecular Hbond substituents is 1. The van der Waals surface area contributed by atoms with Crippen molar-refractivity contribution in [2.45, 2.75) is 68.3 Å². The van der Waals surface area contributed by atoms with Gasteiger partial charge < -0.3 is 54.3 Å². The van der Waals surface area contributed by atoms with Gasteiger partial charge in [-0.2, -0.15) is 0 Å². The van der Waals surface area contributed by atoms with Crippen LogP contribution in [0.15, 0.2) is 66.7 Å². The van der Waals surface area contributed by atoms with Crippen molar-refractivity contribution in [3.8, 4) is 5.75 Å². The molecule has 13 heteroatoms. The van der Waals surface area contributed by atoms with Crippen LogP contribution in [0.3, 0.4) is 0 Å². The summed E-state index contributed by atoms with van der Waals surface area (Å²) in [6.07, 6.45) is -10.1. The number of rotatable bonds is 9. The van der Waals surface area contributed by atoms with Gasteiger partial charge in [-0.3, -0.25) is 0 Å². The van der Waals surface area contributed by atoms with Crippen molar-refractivity contribution >= 4 is 24.1 Å². The van der Waals surface area contributed by atoms with Crippen LogP contribution in [0.5, 0.6) is 5.75 Å². The highest BCUT2D eigenvalue weighted by molar-refractivity contribution is 5.87. The van der Waals surface area contributed by atoms with Crippen molar-refractivity contribution < 1.29 is 63.9 Å². The van der Waals surface area contributed by atoms with E-state index in [-0.39, 0.29) is 5.75 Å². The molecule has 0 radical (unpaired) electrons. The monoisotopic (exact) mass is 602 g/mol. The molecule has 43 heavy (non-hydrogen) atoms. The number of esters is 2. The molecular formula is C30H34O13. The average Bonchev–Trinajstić information content (AvgIpc) is 3.00. The molecule has 10 unspecified atom stereocenters. The van der Waals surface area contributed by atoms with Crippen molar-refractivity contribution in [3.63, 3.8) is 0 Å². The minimum absolute atomic E-state index is 0.0533. The summed E-state index contributed by atoms with van der Waals surface area (Å²) >= 11 is 0. The van der Waals surface area contributed by atoms with Crippen LogP contribution in [-0.4, -0.2) is 111 Å². The number of aliphatic hydroxyl groups excluding tert-OH is 5. The summed E-state index contributed by atoms with van der Waals surface area (Å²) in [5.74, 6) is -1.70. The molecule has 2 aromatic rings. The Morgan fingerprint density at radius 3 is 1.98 bits per heavy atom. The highest BCUT2D eigenvalue weighted by atomic mass is 16.7. The fourth-order valence-corrected chi connectivity index (χ4v) is 4.42. The molecule has 0 amide bonds. The Balaban J connectivity index is 1.34. The Hall–Kier alpha value is -3.66. The van der Waals surface area contributed by atoms with Gasteiger partial charge in [0.2, 0.25) is 6.29 Å². The highest BCUT2D eigenvalue weighted by Crippen LogP contribution is 2.27. The van der Waals surface area contributed by atoms with Crippen LogP contribution in [-0.2, 0) is 33.3 Å². The van der Waals surface area contributed by atoms with E-state index in [1.807, 2.05) is 6.07 Å². The molecule has 6 N–H and O–H groups in total. The van der Waals surface area contributed by atoms with Crippen LogP contribution in [0.4, 0.5) is 0 Å². The first-order valence-corrected chi connectivity index (χ1v) is 13.5. The summed E-state index contributed by atoms with van der Waals surface area (Å²) in [4.78, 5) is 24.7. The van der Waals surface area contributed by atoms with Gasteiger partial charge in [-0.15, -0.1) is 0 Å². The summed E-state index contributed by atoms with van der Waals surface area (Å²) in [6, 6.07) is 14.9. The van der Waals surface area contributed by atoms with E-state index < -0.39 is 80.0 Å². The van der Waals surface area contributed by atoms with Crippen molar-refractivity contribution in [2.24, 2.45) is 0 Å². The molecular weight excluding hydrogens is 568 g/mol. The number of benzene rings is 2. The lowest BCUT2D eigenvalue weighted by Crippen LogP contribution is -2.61. The number of hydrogen-bond donors (Lipinski definition) is 6. The maximum absolute atomic E-state index is 12.4. The molecule has 4 rings (SSSR count). The van der Waals surface area contributed by atoms with E-state index in [0.717, 1.165) is 12.2 Å². The number of carbonyl (C=O) groups excluding carboxylic acids is 2. The Morgan fingerprint density at radius 1 is 0.721 bits per heavy atom. The van der Waals surface area contributed by atoms with Crippen molar-refractivity contribution in [1.29, 1.82) is 0 Å². The van der Waals surface area contributed by atoms with Crippen LogP contribution >= 0.6 is 0 Å². The fourth-order valence-electron chi connectivity index (χ4n) is 4.42. The van der Waals surface area contributed by atoms with Gasteiger partial charge in [-0.25, -0.2) is 9.59 Å². The molecule has 0 aliphatic carbocycles. The van der Waals surface area contributed by atoms with E-state index in [2.05, 4.69) is 0 Å². The van der Waals surface area contributed by atoms with E-state index >= 15 is 0 Å². The summed E-state index contributed by atoms with van der Waals surface area (Å²) in [6.45, 7) is 0.940. The summed E-state index contributed by atoms with van der Waals surface area (Å²) < 4.78 is 27.0. The van der Waals surface area contributed by atoms with Gasteiger partial charge in [0.15, 0.2) is 12.4 Å². The third kappa shape index (κ3) is 8.46. The molecule has 10 atom stereocenters. The van der Waals surface area contributed by atoms with Crippen molar-refractivity contribution in [1.82, 2.24) is 0 Å². The lowest BCUT2D eigenvalue weighted by molar-refractivity contribution is -0.323. The lowest BCUT2D eigenvalue weighted by atomic mass is 9.98. The molecule has 232 valence electrons. The van der Waals surface area contributed by atoms with E-state index in [0.29, 0.717) is 11.1 Å². The minimum Gasteiger partial charge on any atom is -0.508 e. The zero-order valence-corrected chi connectivity index (χ0v) is 23.0. The van der Waals surface area contributed by atoms with Gasteiger partial charge in [0, 0.05) is 12.2 Å². The molecule has 2 aliphatic heterocycles. The molecule has 0 saturated carbocycles. The maximum Gasteiger partial charge on any atom is 0.333 e. The van der Waals surface area contributed by atoms with Crippen LogP contribution in [0.1, 0.15) is 18.1 Å². The first-order chi connectivity index (χ1) is 20.5. The summed E-state index contributed by atoms with van der Waals surface area (Å²) in [5.41, 5.74) is 1.31. The zero-order chi connectivity index (χ0) is 31.1. The second-order valence-corrected chi connectivity index (χ2v) is 10.0. The molecule has 13 nitrogen and oxygen atoms in total. The molecule has 2 aromatic carbocycles. The van der Waals surface area contributed by atoms with Gasteiger partial charge in [0.1, 0.15) is 42.4 Å². The SMILES string of the molecule is CC1OC(OCC2OC(OC(=O)C=Cc3ccccc3)C(O)C(O)C2O)C(O)C(OC(=O)C=Cc2ccc(O)cc2)C1O. The summed E-state index contributed by atoms with van der Waals surface area (Å²) in [7, 11) is 0. The zero-order valence-electron chi connectivity index (χ0n) is 23.0. The maximum atomic E-state index is 12.4. The van der Waals surface area contributed by atoms with Gasteiger partial charge >= 0.3 is 11.9 Å². The van der Waals surface area contributed by atoms with Gasteiger partial charge in [-0.1, -0.05) is 42.5 Å². The minimum atomic E-state index is -1.77. The third-order valence-corrected chi connectivity index (χ3v) is 6.88. The van der Waals surface area contributed by atoms with Crippen LogP contribution in [0, 0.1) is 0 Å². The highest BCUT2D eigenvalue weighted by Gasteiger charge is 2.48. The van der Waals surface area contributed by atoms with Crippen molar-refractivity contribution in [3.05, 3.63) is 77.9 Å².